The Morgan fingerprint density at radius 1 is 0.429 bits per heavy atom. The molecule has 0 fully saturated rings. The van der Waals surface area contributed by atoms with Crippen molar-refractivity contribution in [1.82, 2.24) is 0 Å². The van der Waals surface area contributed by atoms with Gasteiger partial charge in [0.25, 0.3) is 0 Å². The first-order valence-corrected chi connectivity index (χ1v) is 16.8. The Balaban J connectivity index is 1.29. The number of allylic oxidation sites excluding steroid dienone is 4. The van der Waals surface area contributed by atoms with Crippen LogP contribution in [0.1, 0.15) is 36.1 Å². The molecule has 238 valence electrons. The van der Waals surface area contributed by atoms with Crippen molar-refractivity contribution in [2.75, 3.05) is 9.80 Å². The summed E-state index contributed by atoms with van der Waals surface area (Å²) in [7, 11) is 0. The van der Waals surface area contributed by atoms with Crippen molar-refractivity contribution in [3.05, 3.63) is 205 Å². The molecule has 0 aliphatic heterocycles. The van der Waals surface area contributed by atoms with Gasteiger partial charge < -0.3 is 9.80 Å². The van der Waals surface area contributed by atoms with E-state index >= 15 is 0 Å². The Morgan fingerprint density at radius 2 is 0.776 bits per heavy atom. The summed E-state index contributed by atoms with van der Waals surface area (Å²) < 4.78 is 0. The van der Waals surface area contributed by atoms with Crippen LogP contribution in [0.3, 0.4) is 0 Å². The van der Waals surface area contributed by atoms with Gasteiger partial charge in [-0.1, -0.05) is 136 Å². The van der Waals surface area contributed by atoms with Gasteiger partial charge in [-0.3, -0.25) is 0 Å². The van der Waals surface area contributed by atoms with E-state index < -0.39 is 0 Å². The van der Waals surface area contributed by atoms with E-state index in [1.807, 2.05) is 12.2 Å². The van der Waals surface area contributed by atoms with Gasteiger partial charge in [0, 0.05) is 39.5 Å². The molecule has 2 nitrogen and oxygen atoms in total. The van der Waals surface area contributed by atoms with Gasteiger partial charge in [-0.2, -0.15) is 0 Å². The maximum absolute atomic E-state index is 3.81. The fourth-order valence-electron chi connectivity index (χ4n) is 6.87. The van der Waals surface area contributed by atoms with Crippen molar-refractivity contribution in [2.24, 2.45) is 0 Å². The van der Waals surface area contributed by atoms with Crippen LogP contribution in [0.15, 0.2) is 183 Å². The second-order valence-electron chi connectivity index (χ2n) is 12.8. The number of benzene rings is 6. The predicted octanol–water partition coefficient (Wildman–Crippen LogP) is 13.3. The monoisotopic (exact) mass is 632 g/mol. The molecular formula is C47H40N2. The average molecular weight is 633 g/mol. The van der Waals surface area contributed by atoms with Crippen LogP contribution in [0.25, 0.3) is 23.3 Å². The van der Waals surface area contributed by atoms with Gasteiger partial charge in [0.2, 0.25) is 0 Å². The lowest BCUT2D eigenvalue weighted by Crippen LogP contribution is -2.17. The average Bonchev–Trinajstić information content (AvgIpc) is 3.37. The predicted molar refractivity (Wildman–Crippen MR) is 212 cm³/mol. The van der Waals surface area contributed by atoms with Gasteiger partial charge >= 0.3 is 0 Å². The first kappa shape index (κ1) is 31.5. The van der Waals surface area contributed by atoms with Crippen molar-refractivity contribution in [3.63, 3.8) is 0 Å². The molecule has 1 aliphatic rings. The minimum absolute atomic E-state index is 0.208. The van der Waals surface area contributed by atoms with Crippen molar-refractivity contribution in [1.29, 1.82) is 0 Å². The minimum atomic E-state index is -0.208. The standard InChI is InChI=1S/C47H40N2/c1-5-7-15-35-21-25-39(26-22-35)48(37-17-11-9-12-18-37)41-29-31-43-44-32-30-42(34-46(44)47(3,4)45(43)33-41)49(38-19-13-10-14-20-38)40-27-23-36(24-28-40)16-8-6-2/h5-34H,1-2H2,3-4H3. The van der Waals surface area contributed by atoms with Crippen LogP contribution in [0, 0.1) is 0 Å². The van der Waals surface area contributed by atoms with Crippen molar-refractivity contribution in [3.8, 4) is 11.1 Å². The molecular weight excluding hydrogens is 593 g/mol. The highest BCUT2D eigenvalue weighted by Gasteiger charge is 2.36. The van der Waals surface area contributed by atoms with Gasteiger partial charge in [0.1, 0.15) is 0 Å². The molecule has 0 aromatic heterocycles. The molecule has 1 aliphatic carbocycles. The van der Waals surface area contributed by atoms with Crippen LogP contribution in [0.4, 0.5) is 34.1 Å². The Kier molecular flexibility index (Phi) is 8.70. The normalized spacial score (nSPS) is 12.9. The number of anilines is 6. The smallest absolute Gasteiger partial charge is 0.0465 e. The molecule has 0 radical (unpaired) electrons. The van der Waals surface area contributed by atoms with E-state index in [9.17, 15) is 0 Å². The van der Waals surface area contributed by atoms with Gasteiger partial charge in [-0.15, -0.1) is 0 Å². The molecule has 0 heterocycles. The second kappa shape index (κ2) is 13.5. The Hall–Kier alpha value is -6.12. The van der Waals surface area contributed by atoms with E-state index in [0.717, 1.165) is 45.3 Å². The zero-order valence-electron chi connectivity index (χ0n) is 28.1. The molecule has 0 atom stereocenters. The van der Waals surface area contributed by atoms with E-state index in [1.54, 1.807) is 12.2 Å². The third kappa shape index (κ3) is 6.17. The maximum atomic E-state index is 3.81. The fraction of sp³-hybridized carbons (Fsp3) is 0.0638. The molecule has 0 spiro atoms. The molecule has 0 saturated heterocycles. The summed E-state index contributed by atoms with van der Waals surface area (Å²) in [6.07, 6.45) is 11.7. The summed E-state index contributed by atoms with van der Waals surface area (Å²) in [6.45, 7) is 12.3. The topological polar surface area (TPSA) is 6.48 Å². The first-order chi connectivity index (χ1) is 24.0. The van der Waals surface area contributed by atoms with Gasteiger partial charge in [0.15, 0.2) is 0 Å². The molecule has 49 heavy (non-hydrogen) atoms. The lowest BCUT2D eigenvalue weighted by atomic mass is 9.82. The molecule has 2 heteroatoms. The van der Waals surface area contributed by atoms with E-state index in [4.69, 9.17) is 0 Å². The van der Waals surface area contributed by atoms with E-state index in [0.29, 0.717) is 0 Å². The summed E-state index contributed by atoms with van der Waals surface area (Å²) in [4.78, 5) is 4.69. The third-order valence-electron chi connectivity index (χ3n) is 9.34. The number of hydrogen-bond donors (Lipinski definition) is 0. The number of para-hydroxylation sites is 2. The molecule has 0 N–H and O–H groups in total. The second-order valence-corrected chi connectivity index (χ2v) is 12.8. The minimum Gasteiger partial charge on any atom is -0.310 e. The zero-order chi connectivity index (χ0) is 33.8. The molecule has 6 aromatic rings. The fourth-order valence-corrected chi connectivity index (χ4v) is 6.87. The molecule has 6 aromatic carbocycles. The molecule has 0 amide bonds. The number of fused-ring (bicyclic) bond motifs is 3. The third-order valence-corrected chi connectivity index (χ3v) is 9.34. The lowest BCUT2D eigenvalue weighted by Gasteiger charge is -2.29. The summed E-state index contributed by atoms with van der Waals surface area (Å²) in [5.41, 5.74) is 14.1. The molecule has 7 rings (SSSR count). The van der Waals surface area contributed by atoms with Crippen LogP contribution >= 0.6 is 0 Å². The van der Waals surface area contributed by atoms with Gasteiger partial charge in [0.05, 0.1) is 0 Å². The van der Waals surface area contributed by atoms with Crippen molar-refractivity contribution in [2.45, 2.75) is 19.3 Å². The highest BCUT2D eigenvalue weighted by Crippen LogP contribution is 2.52. The number of rotatable bonds is 10. The number of hydrogen-bond acceptors (Lipinski definition) is 2. The molecule has 0 unspecified atom stereocenters. The zero-order valence-corrected chi connectivity index (χ0v) is 28.1. The summed E-state index contributed by atoms with van der Waals surface area (Å²) in [6, 6.07) is 52.5. The van der Waals surface area contributed by atoms with Crippen LogP contribution < -0.4 is 9.80 Å². The molecule has 0 saturated carbocycles. The summed E-state index contributed by atoms with van der Waals surface area (Å²) in [5, 5.41) is 0. The summed E-state index contributed by atoms with van der Waals surface area (Å²) >= 11 is 0. The van der Waals surface area contributed by atoms with E-state index in [-0.39, 0.29) is 5.41 Å². The Bertz CT molecular complexity index is 2000. The largest absolute Gasteiger partial charge is 0.310 e. The quantitative estimate of drug-likeness (QED) is 0.139. The Labute approximate surface area is 290 Å². The van der Waals surface area contributed by atoms with Crippen LogP contribution in [-0.4, -0.2) is 0 Å². The maximum Gasteiger partial charge on any atom is 0.0465 e. The van der Waals surface area contributed by atoms with Crippen molar-refractivity contribution < 1.29 is 0 Å². The highest BCUT2D eigenvalue weighted by atomic mass is 15.1. The summed E-state index contributed by atoms with van der Waals surface area (Å²) in [5.74, 6) is 0. The van der Waals surface area contributed by atoms with Crippen LogP contribution in [0.2, 0.25) is 0 Å². The van der Waals surface area contributed by atoms with Crippen LogP contribution in [0.5, 0.6) is 0 Å². The van der Waals surface area contributed by atoms with Gasteiger partial charge in [-0.25, -0.2) is 0 Å². The molecule has 0 bridgehead atoms. The van der Waals surface area contributed by atoms with Gasteiger partial charge in [-0.05, 0) is 106 Å². The van der Waals surface area contributed by atoms with Crippen molar-refractivity contribution >= 4 is 46.3 Å². The lowest BCUT2D eigenvalue weighted by molar-refractivity contribution is 0.660. The van der Waals surface area contributed by atoms with E-state index in [2.05, 4.69) is 195 Å². The SMILES string of the molecule is C=CC=Cc1ccc(N(c2ccccc2)c2ccc3c(c2)C(C)(C)c2cc(N(c4ccccc4)c4ccc(C=CC=C)cc4)ccc2-3)cc1. The number of nitrogens with zero attached hydrogens (tertiary/aromatic N) is 2. The first-order valence-electron chi connectivity index (χ1n) is 16.8. The van der Waals surface area contributed by atoms with E-state index in [1.165, 1.54) is 22.3 Å². The van der Waals surface area contributed by atoms with Crippen LogP contribution in [-0.2, 0) is 5.41 Å². The highest BCUT2D eigenvalue weighted by molar-refractivity contribution is 5.88. The Morgan fingerprint density at radius 3 is 1.14 bits per heavy atom.